The fourth-order valence-electron chi connectivity index (χ4n) is 1.95. The van der Waals surface area contributed by atoms with E-state index >= 15 is 0 Å². The van der Waals surface area contributed by atoms with Crippen molar-refractivity contribution in [1.29, 1.82) is 0 Å². The van der Waals surface area contributed by atoms with Crippen LogP contribution in [-0.4, -0.2) is 23.2 Å². The fourth-order valence-corrected chi connectivity index (χ4v) is 2.14. The van der Waals surface area contributed by atoms with Crippen LogP contribution in [0.1, 0.15) is 37.6 Å². The van der Waals surface area contributed by atoms with E-state index < -0.39 is 5.60 Å². The molecule has 1 amide bonds. The molecule has 1 atom stereocenters. The molecule has 0 aliphatic rings. The molecule has 0 radical (unpaired) electrons. The molecule has 0 saturated heterocycles. The number of carbonyl (C=O) groups excluding carboxylic acids is 1. The lowest BCUT2D eigenvalue weighted by atomic mass is 9.94. The van der Waals surface area contributed by atoms with Gasteiger partial charge in [-0.1, -0.05) is 31.5 Å². The second-order valence-electron chi connectivity index (χ2n) is 5.29. The Morgan fingerprint density at radius 3 is 2.72 bits per heavy atom. The van der Waals surface area contributed by atoms with Crippen LogP contribution in [0.2, 0.25) is 5.02 Å². The number of hydrogen-bond donors (Lipinski definition) is 2. The van der Waals surface area contributed by atoms with Gasteiger partial charge in [-0.3, -0.25) is 4.79 Å². The van der Waals surface area contributed by atoms with E-state index in [0.717, 1.165) is 0 Å². The summed E-state index contributed by atoms with van der Waals surface area (Å²) < 4.78 is 0. The number of halogens is 1. The summed E-state index contributed by atoms with van der Waals surface area (Å²) in [6, 6.07) is 6.74. The Morgan fingerprint density at radius 1 is 1.50 bits per heavy atom. The van der Waals surface area contributed by atoms with E-state index in [4.69, 9.17) is 11.6 Å². The lowest BCUT2D eigenvalue weighted by Crippen LogP contribution is -2.41. The Kier molecular flexibility index (Phi) is 5.17. The molecule has 2 N–H and O–H groups in total. The fraction of sp³-hybridized carbons (Fsp3) is 0.500. The van der Waals surface area contributed by atoms with Gasteiger partial charge in [0.2, 0.25) is 0 Å². The maximum Gasteiger partial charge on any atom is 0.251 e. The lowest BCUT2D eigenvalue weighted by molar-refractivity contribution is 0.0368. The number of aliphatic hydroxyl groups is 1. The zero-order chi connectivity index (χ0) is 13.8. The van der Waals surface area contributed by atoms with Crippen molar-refractivity contribution in [1.82, 2.24) is 5.32 Å². The minimum atomic E-state index is -0.887. The molecule has 100 valence electrons. The van der Waals surface area contributed by atoms with Crippen molar-refractivity contribution < 1.29 is 9.90 Å². The lowest BCUT2D eigenvalue weighted by Gasteiger charge is -2.25. The molecule has 0 spiro atoms. The van der Waals surface area contributed by atoms with Crippen molar-refractivity contribution in [3.63, 3.8) is 0 Å². The smallest absolute Gasteiger partial charge is 0.251 e. The van der Waals surface area contributed by atoms with Crippen LogP contribution in [0.25, 0.3) is 0 Å². The molecule has 0 bridgehead atoms. The molecule has 18 heavy (non-hydrogen) atoms. The molecule has 1 aromatic rings. The molecule has 0 aliphatic heterocycles. The highest BCUT2D eigenvalue weighted by Gasteiger charge is 2.22. The highest BCUT2D eigenvalue weighted by molar-refractivity contribution is 6.30. The zero-order valence-corrected chi connectivity index (χ0v) is 11.8. The quantitative estimate of drug-likeness (QED) is 0.864. The Bertz CT molecular complexity index is 416. The Morgan fingerprint density at radius 2 is 2.17 bits per heavy atom. The Balaban J connectivity index is 2.56. The van der Waals surface area contributed by atoms with Crippen molar-refractivity contribution in [2.75, 3.05) is 6.54 Å². The number of benzene rings is 1. The van der Waals surface area contributed by atoms with Gasteiger partial charge in [0.25, 0.3) is 5.91 Å². The average Bonchev–Trinajstić information content (AvgIpc) is 2.24. The molecule has 0 saturated carbocycles. The van der Waals surface area contributed by atoms with Gasteiger partial charge in [0.05, 0.1) is 5.60 Å². The third kappa shape index (κ3) is 5.07. The topological polar surface area (TPSA) is 49.3 Å². The first-order valence-electron chi connectivity index (χ1n) is 6.06. The van der Waals surface area contributed by atoms with E-state index in [-0.39, 0.29) is 12.5 Å². The summed E-state index contributed by atoms with van der Waals surface area (Å²) >= 11 is 5.82. The van der Waals surface area contributed by atoms with Crippen LogP contribution in [0.5, 0.6) is 0 Å². The summed E-state index contributed by atoms with van der Waals surface area (Å²) in [5.41, 5.74) is -0.384. The van der Waals surface area contributed by atoms with Crippen LogP contribution in [0.4, 0.5) is 0 Å². The van der Waals surface area contributed by atoms with Gasteiger partial charge in [-0.2, -0.15) is 0 Å². The first-order chi connectivity index (χ1) is 8.30. The second-order valence-corrected chi connectivity index (χ2v) is 5.72. The Labute approximate surface area is 113 Å². The van der Waals surface area contributed by atoms with Crippen LogP contribution in [0.3, 0.4) is 0 Å². The standard InChI is InChI=1S/C14H20ClNO2/c1-10(2)8-14(3,18)9-16-13(17)11-5-4-6-12(15)7-11/h4-7,10,18H,8-9H2,1-3H3,(H,16,17). The second kappa shape index (κ2) is 6.21. The number of rotatable bonds is 5. The largest absolute Gasteiger partial charge is 0.388 e. The van der Waals surface area contributed by atoms with E-state index in [2.05, 4.69) is 5.32 Å². The summed E-state index contributed by atoms with van der Waals surface area (Å²) in [6.07, 6.45) is 0.642. The molecule has 0 aromatic heterocycles. The van der Waals surface area contributed by atoms with Gasteiger partial charge in [-0.15, -0.1) is 0 Å². The SMILES string of the molecule is CC(C)CC(C)(O)CNC(=O)c1cccc(Cl)c1. The molecule has 4 heteroatoms. The summed E-state index contributed by atoms with van der Waals surface area (Å²) in [6.45, 7) is 6.03. The monoisotopic (exact) mass is 269 g/mol. The first kappa shape index (κ1) is 15.0. The van der Waals surface area contributed by atoms with Crippen molar-refractivity contribution in [3.05, 3.63) is 34.9 Å². The predicted molar refractivity (Wildman–Crippen MR) is 73.9 cm³/mol. The molecule has 0 fully saturated rings. The highest BCUT2D eigenvalue weighted by Crippen LogP contribution is 2.15. The summed E-state index contributed by atoms with van der Waals surface area (Å²) in [5, 5.41) is 13.3. The van der Waals surface area contributed by atoms with E-state index in [0.29, 0.717) is 22.9 Å². The minimum absolute atomic E-state index is 0.221. The number of hydrogen-bond acceptors (Lipinski definition) is 2. The maximum atomic E-state index is 11.8. The van der Waals surface area contributed by atoms with Crippen molar-refractivity contribution in [3.8, 4) is 0 Å². The molecular weight excluding hydrogens is 250 g/mol. The normalized spacial score (nSPS) is 14.3. The van der Waals surface area contributed by atoms with E-state index in [9.17, 15) is 9.90 Å². The van der Waals surface area contributed by atoms with Crippen LogP contribution in [0, 0.1) is 5.92 Å². The van der Waals surface area contributed by atoms with Gasteiger partial charge < -0.3 is 10.4 Å². The van der Waals surface area contributed by atoms with Gasteiger partial charge >= 0.3 is 0 Å². The van der Waals surface area contributed by atoms with Crippen LogP contribution in [-0.2, 0) is 0 Å². The van der Waals surface area contributed by atoms with Crippen LogP contribution in [0.15, 0.2) is 24.3 Å². The highest BCUT2D eigenvalue weighted by atomic mass is 35.5. The molecule has 3 nitrogen and oxygen atoms in total. The summed E-state index contributed by atoms with van der Waals surface area (Å²) in [4.78, 5) is 11.8. The van der Waals surface area contributed by atoms with Crippen molar-refractivity contribution in [2.45, 2.75) is 32.8 Å². The number of nitrogens with one attached hydrogen (secondary N) is 1. The summed E-state index contributed by atoms with van der Waals surface area (Å²) in [7, 11) is 0. The van der Waals surface area contributed by atoms with Crippen molar-refractivity contribution >= 4 is 17.5 Å². The van der Waals surface area contributed by atoms with Crippen LogP contribution >= 0.6 is 11.6 Å². The minimum Gasteiger partial charge on any atom is -0.388 e. The number of amides is 1. The zero-order valence-electron chi connectivity index (χ0n) is 11.0. The van der Waals surface area contributed by atoms with Gasteiger partial charge in [-0.25, -0.2) is 0 Å². The van der Waals surface area contributed by atoms with Crippen LogP contribution < -0.4 is 5.32 Å². The Hall–Kier alpha value is -1.06. The first-order valence-corrected chi connectivity index (χ1v) is 6.44. The third-order valence-electron chi connectivity index (χ3n) is 2.56. The maximum absolute atomic E-state index is 11.8. The molecule has 1 unspecified atom stereocenters. The molecule has 1 rings (SSSR count). The van der Waals surface area contributed by atoms with E-state index in [1.165, 1.54) is 0 Å². The molecule has 0 aliphatic carbocycles. The average molecular weight is 270 g/mol. The van der Waals surface area contributed by atoms with E-state index in [1.807, 2.05) is 13.8 Å². The van der Waals surface area contributed by atoms with Gasteiger partial charge in [0, 0.05) is 17.1 Å². The third-order valence-corrected chi connectivity index (χ3v) is 2.80. The van der Waals surface area contributed by atoms with Gasteiger partial charge in [0.1, 0.15) is 0 Å². The molecule has 0 heterocycles. The summed E-state index contributed by atoms with van der Waals surface area (Å²) in [5.74, 6) is 0.157. The van der Waals surface area contributed by atoms with Crippen molar-refractivity contribution in [2.24, 2.45) is 5.92 Å². The predicted octanol–water partition coefficient (Wildman–Crippen LogP) is 2.87. The van der Waals surface area contributed by atoms with E-state index in [1.54, 1.807) is 31.2 Å². The molecule has 1 aromatic carbocycles. The molecular formula is C14H20ClNO2. The van der Waals surface area contributed by atoms with Gasteiger partial charge in [-0.05, 0) is 37.5 Å². The van der Waals surface area contributed by atoms with Gasteiger partial charge in [0.15, 0.2) is 0 Å². The number of carbonyl (C=O) groups is 1.